The first-order valence-electron chi connectivity index (χ1n) is 7.96. The topological polar surface area (TPSA) is 88.1 Å². The highest BCUT2D eigenvalue weighted by Crippen LogP contribution is 2.29. The molecular weight excluding hydrogens is 348 g/mol. The second kappa shape index (κ2) is 9.48. The zero-order valence-corrected chi connectivity index (χ0v) is 15.5. The zero-order chi connectivity index (χ0) is 17.7. The monoisotopic (exact) mass is 372 g/mol. The van der Waals surface area contributed by atoms with E-state index in [9.17, 15) is 14.7 Å². The number of halogens is 1. The molecule has 8 heteroatoms. The average Bonchev–Trinajstić information content (AvgIpc) is 2.60. The molecular formula is C17H25ClN2O5. The van der Waals surface area contributed by atoms with Crippen LogP contribution in [0.5, 0.6) is 11.5 Å². The molecule has 1 aromatic carbocycles. The van der Waals surface area contributed by atoms with Gasteiger partial charge in [-0.2, -0.15) is 0 Å². The van der Waals surface area contributed by atoms with Gasteiger partial charge in [0.1, 0.15) is 11.5 Å². The minimum Gasteiger partial charge on any atom is -0.497 e. The molecule has 0 aromatic heterocycles. The lowest BCUT2D eigenvalue weighted by Gasteiger charge is -2.34. The number of carboxylic acid groups (broad SMARTS) is 1. The number of carboxylic acids is 1. The number of aliphatic carboxylic acids is 1. The Balaban J connectivity index is 0.00000312. The molecule has 1 fully saturated rings. The molecule has 1 aromatic rings. The number of carbonyl (C=O) groups excluding carboxylic acids is 1. The van der Waals surface area contributed by atoms with Crippen LogP contribution in [0.3, 0.4) is 0 Å². The molecule has 1 aliphatic rings. The summed E-state index contributed by atoms with van der Waals surface area (Å²) < 4.78 is 10.4. The Kier molecular flexibility index (Phi) is 7.99. The number of hydrogen-bond acceptors (Lipinski definition) is 5. The lowest BCUT2D eigenvalue weighted by atomic mass is 9.97. The molecule has 2 N–H and O–H groups in total. The maximum atomic E-state index is 12.6. The second-order valence-corrected chi connectivity index (χ2v) is 5.90. The SMILES string of the molecule is COc1ccc(OC)c(NC(=O)C(C)N2CCCC(C(=O)O)C2)c1.Cl. The van der Waals surface area contributed by atoms with Crippen molar-refractivity contribution in [1.29, 1.82) is 0 Å². The van der Waals surface area contributed by atoms with Gasteiger partial charge >= 0.3 is 5.97 Å². The molecule has 1 heterocycles. The van der Waals surface area contributed by atoms with E-state index >= 15 is 0 Å². The van der Waals surface area contributed by atoms with E-state index in [1.54, 1.807) is 32.2 Å². The summed E-state index contributed by atoms with van der Waals surface area (Å²) >= 11 is 0. The van der Waals surface area contributed by atoms with Crippen molar-refractivity contribution in [1.82, 2.24) is 4.90 Å². The Morgan fingerprint density at radius 2 is 2.04 bits per heavy atom. The Hall–Kier alpha value is -1.99. The molecule has 0 radical (unpaired) electrons. The molecule has 0 saturated carbocycles. The molecule has 2 atom stereocenters. The minimum absolute atomic E-state index is 0. The molecule has 25 heavy (non-hydrogen) atoms. The summed E-state index contributed by atoms with van der Waals surface area (Å²) in [4.78, 5) is 25.6. The van der Waals surface area contributed by atoms with Crippen molar-refractivity contribution in [3.05, 3.63) is 18.2 Å². The Bertz CT molecular complexity index is 611. The molecule has 2 unspecified atom stereocenters. The fourth-order valence-corrected chi connectivity index (χ4v) is 2.87. The standard InChI is InChI=1S/C17H24N2O5.ClH/c1-11(19-8-4-5-12(10-19)17(21)22)16(20)18-14-9-13(23-2)6-7-15(14)24-3;/h6-7,9,11-12H,4-5,8,10H2,1-3H3,(H,18,20)(H,21,22);1H. The van der Waals surface area contributed by atoms with Crippen LogP contribution in [0.1, 0.15) is 19.8 Å². The number of benzene rings is 1. The van der Waals surface area contributed by atoms with E-state index in [1.807, 2.05) is 4.90 Å². The molecule has 0 spiro atoms. The third-order valence-electron chi connectivity index (χ3n) is 4.39. The highest BCUT2D eigenvalue weighted by Gasteiger charge is 2.30. The normalized spacial score (nSPS) is 18.6. The Labute approximate surface area is 153 Å². The van der Waals surface area contributed by atoms with Crippen LogP contribution < -0.4 is 14.8 Å². The predicted octanol–water partition coefficient (Wildman–Crippen LogP) is 2.25. The van der Waals surface area contributed by atoms with Gasteiger partial charge < -0.3 is 19.9 Å². The number of carbonyl (C=O) groups is 2. The smallest absolute Gasteiger partial charge is 0.307 e. The van der Waals surface area contributed by atoms with Gasteiger partial charge in [-0.1, -0.05) is 0 Å². The highest BCUT2D eigenvalue weighted by molar-refractivity contribution is 5.96. The number of hydrogen-bond donors (Lipinski definition) is 2. The summed E-state index contributed by atoms with van der Waals surface area (Å²) in [6.07, 6.45) is 1.43. The number of anilines is 1. The van der Waals surface area contributed by atoms with Gasteiger partial charge in [0, 0.05) is 12.6 Å². The summed E-state index contributed by atoms with van der Waals surface area (Å²) in [6.45, 7) is 2.89. The molecule has 140 valence electrons. The molecule has 1 saturated heterocycles. The van der Waals surface area contributed by atoms with Crippen molar-refractivity contribution in [2.75, 3.05) is 32.6 Å². The highest BCUT2D eigenvalue weighted by atomic mass is 35.5. The van der Waals surface area contributed by atoms with E-state index in [0.29, 0.717) is 36.7 Å². The molecule has 0 aliphatic carbocycles. The summed E-state index contributed by atoms with van der Waals surface area (Å²) in [6, 6.07) is 4.74. The Morgan fingerprint density at radius 1 is 1.32 bits per heavy atom. The van der Waals surface area contributed by atoms with Gasteiger partial charge in [-0.25, -0.2) is 0 Å². The molecule has 1 aliphatic heterocycles. The van der Waals surface area contributed by atoms with Gasteiger partial charge in [0.15, 0.2) is 0 Å². The van der Waals surface area contributed by atoms with Crippen LogP contribution in [0.15, 0.2) is 18.2 Å². The Morgan fingerprint density at radius 3 is 2.64 bits per heavy atom. The van der Waals surface area contributed by atoms with E-state index in [4.69, 9.17) is 9.47 Å². The maximum absolute atomic E-state index is 12.6. The van der Waals surface area contributed by atoms with Gasteiger partial charge in [-0.15, -0.1) is 12.4 Å². The van der Waals surface area contributed by atoms with Crippen molar-refractivity contribution in [3.8, 4) is 11.5 Å². The number of methoxy groups -OCH3 is 2. The first-order chi connectivity index (χ1) is 11.5. The molecule has 1 amide bonds. The third-order valence-corrected chi connectivity index (χ3v) is 4.39. The maximum Gasteiger partial charge on any atom is 0.307 e. The van der Waals surface area contributed by atoms with Crippen LogP contribution in [0, 0.1) is 5.92 Å². The van der Waals surface area contributed by atoms with Crippen molar-refractivity contribution >= 4 is 30.0 Å². The van der Waals surface area contributed by atoms with E-state index in [2.05, 4.69) is 5.32 Å². The van der Waals surface area contributed by atoms with Crippen LogP contribution in [0.2, 0.25) is 0 Å². The van der Waals surface area contributed by atoms with Crippen molar-refractivity contribution in [2.24, 2.45) is 5.92 Å². The van der Waals surface area contributed by atoms with Gasteiger partial charge in [-0.05, 0) is 38.4 Å². The summed E-state index contributed by atoms with van der Waals surface area (Å²) in [5.41, 5.74) is 0.528. The van der Waals surface area contributed by atoms with Crippen LogP contribution in [0.25, 0.3) is 0 Å². The number of likely N-dealkylation sites (tertiary alicyclic amines) is 1. The lowest BCUT2D eigenvalue weighted by molar-refractivity contribution is -0.144. The number of rotatable bonds is 6. The van der Waals surface area contributed by atoms with Crippen molar-refractivity contribution < 1.29 is 24.2 Å². The van der Waals surface area contributed by atoms with Crippen LogP contribution in [-0.4, -0.2) is 55.2 Å². The molecule has 0 bridgehead atoms. The number of nitrogens with one attached hydrogen (secondary N) is 1. The summed E-state index contributed by atoms with van der Waals surface area (Å²) in [5.74, 6) is -0.268. The lowest BCUT2D eigenvalue weighted by Crippen LogP contribution is -2.48. The second-order valence-electron chi connectivity index (χ2n) is 5.90. The average molecular weight is 373 g/mol. The minimum atomic E-state index is -0.804. The number of amides is 1. The quantitative estimate of drug-likeness (QED) is 0.796. The van der Waals surface area contributed by atoms with Crippen LogP contribution >= 0.6 is 12.4 Å². The largest absolute Gasteiger partial charge is 0.497 e. The van der Waals surface area contributed by atoms with E-state index in [0.717, 1.165) is 6.42 Å². The van der Waals surface area contributed by atoms with E-state index < -0.39 is 17.9 Å². The van der Waals surface area contributed by atoms with Crippen LogP contribution in [0.4, 0.5) is 5.69 Å². The van der Waals surface area contributed by atoms with Crippen molar-refractivity contribution in [3.63, 3.8) is 0 Å². The molecule has 2 rings (SSSR count). The summed E-state index contributed by atoms with van der Waals surface area (Å²) in [5, 5.41) is 12.0. The first-order valence-corrected chi connectivity index (χ1v) is 7.96. The van der Waals surface area contributed by atoms with E-state index in [1.165, 1.54) is 7.11 Å². The van der Waals surface area contributed by atoms with Crippen molar-refractivity contribution in [2.45, 2.75) is 25.8 Å². The summed E-state index contributed by atoms with van der Waals surface area (Å²) in [7, 11) is 3.08. The molecule has 7 nitrogen and oxygen atoms in total. The van der Waals surface area contributed by atoms with Gasteiger partial charge in [0.05, 0.1) is 31.9 Å². The number of nitrogens with zero attached hydrogens (tertiary/aromatic N) is 1. The zero-order valence-electron chi connectivity index (χ0n) is 14.7. The fraction of sp³-hybridized carbons (Fsp3) is 0.529. The predicted molar refractivity (Wildman–Crippen MR) is 96.8 cm³/mol. The fourth-order valence-electron chi connectivity index (χ4n) is 2.87. The van der Waals surface area contributed by atoms with E-state index in [-0.39, 0.29) is 18.3 Å². The van der Waals surface area contributed by atoms with Gasteiger partial charge in [-0.3, -0.25) is 14.5 Å². The number of ether oxygens (including phenoxy) is 2. The van der Waals surface area contributed by atoms with Gasteiger partial charge in [0.25, 0.3) is 0 Å². The first kappa shape index (κ1) is 21.1. The third kappa shape index (κ3) is 5.24. The van der Waals surface area contributed by atoms with Crippen LogP contribution in [-0.2, 0) is 9.59 Å². The van der Waals surface area contributed by atoms with Gasteiger partial charge in [0.2, 0.25) is 5.91 Å². The number of piperidine rings is 1.